The summed E-state index contributed by atoms with van der Waals surface area (Å²) in [6, 6.07) is 13.2. The highest BCUT2D eigenvalue weighted by molar-refractivity contribution is 6.36. The molecule has 0 unspecified atom stereocenters. The second-order valence-corrected chi connectivity index (χ2v) is 9.68. The molecule has 6 nitrogen and oxygen atoms in total. The molecular formula is C24H22ClN3O3. The summed E-state index contributed by atoms with van der Waals surface area (Å²) in [6.07, 6.45) is 1.70. The molecule has 158 valence electrons. The fourth-order valence-electron chi connectivity index (χ4n) is 4.98. The molecule has 3 heterocycles. The number of carbonyl (C=O) groups excluding carboxylic acids is 3. The molecule has 0 spiro atoms. The lowest BCUT2D eigenvalue weighted by Crippen LogP contribution is -2.48. The van der Waals surface area contributed by atoms with Crippen molar-refractivity contribution in [3.8, 4) is 0 Å². The summed E-state index contributed by atoms with van der Waals surface area (Å²) in [5, 5.41) is 6.56. The van der Waals surface area contributed by atoms with Crippen molar-refractivity contribution in [2.45, 2.75) is 32.9 Å². The lowest BCUT2D eigenvalue weighted by molar-refractivity contribution is -0.136. The molecule has 4 atom stereocenters. The highest BCUT2D eigenvalue weighted by atomic mass is 35.5. The summed E-state index contributed by atoms with van der Waals surface area (Å²) in [5.41, 5.74) is 1.45. The summed E-state index contributed by atoms with van der Waals surface area (Å²) < 4.78 is 0. The Kier molecular flexibility index (Phi) is 4.35. The van der Waals surface area contributed by atoms with Crippen LogP contribution >= 0.6 is 11.6 Å². The molecule has 0 aliphatic carbocycles. The number of rotatable bonds is 2. The predicted molar refractivity (Wildman–Crippen MR) is 118 cm³/mol. The first-order valence-electron chi connectivity index (χ1n) is 10.3. The van der Waals surface area contributed by atoms with Crippen molar-refractivity contribution in [2.75, 3.05) is 4.90 Å². The topological polar surface area (TPSA) is 70.0 Å². The zero-order valence-corrected chi connectivity index (χ0v) is 18.2. The van der Waals surface area contributed by atoms with E-state index >= 15 is 0 Å². The molecule has 2 amide bonds. The quantitative estimate of drug-likeness (QED) is 0.672. The van der Waals surface area contributed by atoms with E-state index in [2.05, 4.69) is 5.10 Å². The van der Waals surface area contributed by atoms with Crippen LogP contribution < -0.4 is 4.90 Å². The van der Waals surface area contributed by atoms with Crippen molar-refractivity contribution in [3.05, 3.63) is 64.7 Å². The average molecular weight is 436 g/mol. The number of fused-ring (bicyclic) bond motifs is 5. The number of hydrogen-bond donors (Lipinski definition) is 0. The maximum atomic E-state index is 13.7. The van der Waals surface area contributed by atoms with Crippen LogP contribution in [0.25, 0.3) is 0 Å². The third-order valence-electron chi connectivity index (χ3n) is 6.39. The van der Waals surface area contributed by atoms with Crippen LogP contribution in [0.4, 0.5) is 5.69 Å². The SMILES string of the molecule is CC(C)(C)C(=O)[C@@H]1[C@@H]2C(=O)N(c3ccccc3Cl)C(=O)[C@@H]2[C@@H]2c3ccccc3C=NN12. The van der Waals surface area contributed by atoms with Gasteiger partial charge in [-0.1, -0.05) is 68.8 Å². The van der Waals surface area contributed by atoms with E-state index in [4.69, 9.17) is 11.6 Å². The number of amides is 2. The van der Waals surface area contributed by atoms with Crippen LogP contribution in [0.15, 0.2) is 53.6 Å². The van der Waals surface area contributed by atoms with E-state index in [0.717, 1.165) is 11.1 Å². The van der Waals surface area contributed by atoms with Gasteiger partial charge in [-0.15, -0.1) is 0 Å². The zero-order chi connectivity index (χ0) is 22.1. The van der Waals surface area contributed by atoms with E-state index in [9.17, 15) is 14.4 Å². The first-order chi connectivity index (χ1) is 14.7. The molecule has 2 saturated heterocycles. The molecule has 0 radical (unpaired) electrons. The van der Waals surface area contributed by atoms with Crippen molar-refractivity contribution >= 4 is 41.1 Å². The van der Waals surface area contributed by atoms with Gasteiger partial charge in [-0.05, 0) is 23.3 Å². The van der Waals surface area contributed by atoms with E-state index in [1.165, 1.54) is 4.90 Å². The van der Waals surface area contributed by atoms with E-state index in [1.54, 1.807) is 35.5 Å². The van der Waals surface area contributed by atoms with Crippen LogP contribution in [0.3, 0.4) is 0 Å². The largest absolute Gasteiger partial charge is 0.297 e. The molecule has 0 N–H and O–H groups in total. The Morgan fingerprint density at radius 3 is 2.32 bits per heavy atom. The Bertz CT molecular complexity index is 1150. The highest BCUT2D eigenvalue weighted by Gasteiger charge is 2.66. The average Bonchev–Trinajstić information content (AvgIpc) is 3.20. The molecule has 0 bridgehead atoms. The van der Waals surface area contributed by atoms with Gasteiger partial charge in [0.2, 0.25) is 11.8 Å². The Balaban J connectivity index is 1.69. The van der Waals surface area contributed by atoms with Gasteiger partial charge < -0.3 is 0 Å². The third kappa shape index (κ3) is 2.78. The summed E-state index contributed by atoms with van der Waals surface area (Å²) in [7, 11) is 0. The van der Waals surface area contributed by atoms with Gasteiger partial charge >= 0.3 is 0 Å². The van der Waals surface area contributed by atoms with Crippen LogP contribution in [0.1, 0.15) is 37.9 Å². The Hall–Kier alpha value is -2.99. The number of halogens is 1. The van der Waals surface area contributed by atoms with Crippen molar-refractivity contribution in [2.24, 2.45) is 22.4 Å². The molecule has 0 saturated carbocycles. The highest BCUT2D eigenvalue weighted by Crippen LogP contribution is 2.54. The number of Topliss-reactive ketones (excluding diaryl/α,β-unsaturated/α-hetero) is 1. The fraction of sp³-hybridized carbons (Fsp3) is 0.333. The summed E-state index contributed by atoms with van der Waals surface area (Å²) in [4.78, 5) is 42.0. The van der Waals surface area contributed by atoms with Crippen LogP contribution in [0.5, 0.6) is 0 Å². The van der Waals surface area contributed by atoms with Crippen molar-refractivity contribution < 1.29 is 14.4 Å². The Labute approximate surface area is 185 Å². The number of imide groups is 1. The smallest absolute Gasteiger partial charge is 0.240 e. The number of hydrogen-bond acceptors (Lipinski definition) is 5. The monoisotopic (exact) mass is 435 g/mol. The summed E-state index contributed by atoms with van der Waals surface area (Å²) >= 11 is 6.33. The maximum Gasteiger partial charge on any atom is 0.240 e. The standard InChI is InChI=1S/C24H22ClN3O3/c1-24(2,3)21(29)20-18-17(19-14-9-5-4-8-13(14)12-26-28(19)20)22(30)27(23(18)31)16-11-7-6-10-15(16)25/h4-12,17-20H,1-3H3/t17-,18+,19-,20-/m0/s1. The normalized spacial score (nSPS) is 26.7. The van der Waals surface area contributed by atoms with Crippen molar-refractivity contribution in [3.63, 3.8) is 0 Å². The Morgan fingerprint density at radius 1 is 0.968 bits per heavy atom. The summed E-state index contributed by atoms with van der Waals surface area (Å²) in [6.45, 7) is 5.48. The second-order valence-electron chi connectivity index (χ2n) is 9.27. The first-order valence-corrected chi connectivity index (χ1v) is 10.7. The molecule has 31 heavy (non-hydrogen) atoms. The second kappa shape index (κ2) is 6.76. The van der Waals surface area contributed by atoms with Crippen molar-refractivity contribution in [1.29, 1.82) is 0 Å². The molecule has 2 aromatic carbocycles. The Morgan fingerprint density at radius 2 is 1.61 bits per heavy atom. The van der Waals surface area contributed by atoms with E-state index < -0.39 is 35.2 Å². The first kappa shape index (κ1) is 19.9. The minimum absolute atomic E-state index is 0.108. The van der Waals surface area contributed by atoms with E-state index in [1.807, 2.05) is 45.0 Å². The van der Waals surface area contributed by atoms with E-state index in [-0.39, 0.29) is 11.7 Å². The van der Waals surface area contributed by atoms with Gasteiger partial charge in [0.05, 0.1) is 34.8 Å². The lowest BCUT2D eigenvalue weighted by Gasteiger charge is -2.35. The number of hydrazone groups is 1. The van der Waals surface area contributed by atoms with Gasteiger partial charge in [0.15, 0.2) is 5.78 Å². The van der Waals surface area contributed by atoms with Crippen LogP contribution in [-0.4, -0.2) is 34.9 Å². The van der Waals surface area contributed by atoms with Crippen LogP contribution in [0, 0.1) is 17.3 Å². The minimum Gasteiger partial charge on any atom is -0.297 e. The molecule has 3 aliphatic heterocycles. The van der Waals surface area contributed by atoms with Crippen LogP contribution in [0.2, 0.25) is 5.02 Å². The van der Waals surface area contributed by atoms with Gasteiger partial charge in [-0.25, -0.2) is 4.90 Å². The van der Waals surface area contributed by atoms with Crippen LogP contribution in [-0.2, 0) is 14.4 Å². The maximum absolute atomic E-state index is 13.7. The lowest BCUT2D eigenvalue weighted by atomic mass is 9.79. The predicted octanol–water partition coefficient (Wildman–Crippen LogP) is 3.83. The number of carbonyl (C=O) groups is 3. The fourth-order valence-corrected chi connectivity index (χ4v) is 5.20. The molecule has 5 rings (SSSR count). The molecule has 0 aromatic heterocycles. The number of ketones is 1. The van der Waals surface area contributed by atoms with Gasteiger partial charge in [-0.2, -0.15) is 5.10 Å². The van der Waals surface area contributed by atoms with Crippen molar-refractivity contribution in [1.82, 2.24) is 5.01 Å². The van der Waals surface area contributed by atoms with Gasteiger partial charge in [0.1, 0.15) is 6.04 Å². The summed E-state index contributed by atoms with van der Waals surface area (Å²) in [5.74, 6) is -2.37. The van der Waals surface area contributed by atoms with Gasteiger partial charge in [-0.3, -0.25) is 19.4 Å². The molecule has 2 fully saturated rings. The molecule has 7 heteroatoms. The van der Waals surface area contributed by atoms with Gasteiger partial charge in [0.25, 0.3) is 0 Å². The minimum atomic E-state index is -0.816. The number of nitrogens with zero attached hydrogens (tertiary/aromatic N) is 3. The van der Waals surface area contributed by atoms with Gasteiger partial charge in [0, 0.05) is 5.41 Å². The number of para-hydroxylation sites is 1. The zero-order valence-electron chi connectivity index (χ0n) is 17.4. The number of anilines is 1. The third-order valence-corrected chi connectivity index (χ3v) is 6.71. The molecule has 2 aromatic rings. The molecule has 3 aliphatic rings. The number of benzene rings is 2. The molecular weight excluding hydrogens is 414 g/mol. The van der Waals surface area contributed by atoms with E-state index in [0.29, 0.717) is 10.7 Å².